The van der Waals surface area contributed by atoms with Crippen molar-refractivity contribution in [3.63, 3.8) is 0 Å². The van der Waals surface area contributed by atoms with Gasteiger partial charge in [0.25, 0.3) is 5.91 Å². The van der Waals surface area contributed by atoms with Crippen molar-refractivity contribution in [3.05, 3.63) is 52.5 Å². The predicted octanol–water partition coefficient (Wildman–Crippen LogP) is 3.79. The van der Waals surface area contributed by atoms with Crippen LogP contribution in [0.15, 0.2) is 41.5 Å². The molecule has 2 aromatic carbocycles. The molecule has 1 amide bonds. The highest BCUT2D eigenvalue weighted by Crippen LogP contribution is 2.28. The van der Waals surface area contributed by atoms with Gasteiger partial charge in [0.1, 0.15) is 5.75 Å². The maximum atomic E-state index is 12.3. The van der Waals surface area contributed by atoms with Gasteiger partial charge in [-0.25, -0.2) is 5.43 Å². The van der Waals surface area contributed by atoms with Gasteiger partial charge in [-0.1, -0.05) is 11.6 Å². The van der Waals surface area contributed by atoms with E-state index in [2.05, 4.69) is 15.3 Å². The molecule has 0 atom stereocenters. The van der Waals surface area contributed by atoms with Crippen molar-refractivity contribution < 1.29 is 27.8 Å². The Kier molecular flexibility index (Phi) is 7.36. The first-order valence-corrected chi connectivity index (χ1v) is 8.10. The number of aryl methyl sites for hydroxylation is 1. The lowest BCUT2D eigenvalue weighted by Crippen LogP contribution is -2.24. The summed E-state index contributed by atoms with van der Waals surface area (Å²) in [5, 5.41) is 4.39. The molecule has 0 bridgehead atoms. The fourth-order valence-electron chi connectivity index (χ4n) is 2.02. The monoisotopic (exact) mass is 398 g/mol. The van der Waals surface area contributed by atoms with E-state index < -0.39 is 12.5 Å². The summed E-state index contributed by atoms with van der Waals surface area (Å²) in [7, 11) is 1.33. The maximum absolute atomic E-state index is 12.3. The average Bonchev–Trinajstić information content (AvgIpc) is 2.63. The number of ether oxygens (including phenoxy) is 3. The molecule has 0 saturated carbocycles. The number of hydrogen-bond acceptors (Lipinski definition) is 5. The van der Waals surface area contributed by atoms with E-state index in [0.29, 0.717) is 16.3 Å². The largest absolute Gasteiger partial charge is 0.493 e. The van der Waals surface area contributed by atoms with E-state index in [9.17, 15) is 13.6 Å². The van der Waals surface area contributed by atoms with Crippen LogP contribution in [-0.2, 0) is 4.79 Å². The number of hydrazone groups is 1. The van der Waals surface area contributed by atoms with E-state index in [0.717, 1.165) is 5.56 Å². The number of nitrogens with one attached hydrogen (secondary N) is 1. The lowest BCUT2D eigenvalue weighted by molar-refractivity contribution is -0.123. The van der Waals surface area contributed by atoms with Crippen LogP contribution in [0.5, 0.6) is 17.2 Å². The number of carbonyl (C=O) groups is 1. The summed E-state index contributed by atoms with van der Waals surface area (Å²) >= 11 is 5.92. The Morgan fingerprint density at radius 2 is 2.04 bits per heavy atom. The smallest absolute Gasteiger partial charge is 0.387 e. The van der Waals surface area contributed by atoms with Crippen LogP contribution in [0, 0.1) is 6.92 Å². The summed E-state index contributed by atoms with van der Waals surface area (Å²) in [5.74, 6) is 0.0613. The zero-order valence-corrected chi connectivity index (χ0v) is 15.3. The average molecular weight is 399 g/mol. The van der Waals surface area contributed by atoms with Crippen LogP contribution in [-0.4, -0.2) is 32.4 Å². The minimum Gasteiger partial charge on any atom is -0.493 e. The van der Waals surface area contributed by atoms with E-state index in [4.69, 9.17) is 21.1 Å². The van der Waals surface area contributed by atoms with Crippen LogP contribution in [0.2, 0.25) is 5.02 Å². The van der Waals surface area contributed by atoms with Crippen LogP contribution < -0.4 is 19.6 Å². The van der Waals surface area contributed by atoms with E-state index in [1.807, 2.05) is 6.92 Å². The Labute approximate surface area is 159 Å². The van der Waals surface area contributed by atoms with Gasteiger partial charge in [-0.2, -0.15) is 13.9 Å². The van der Waals surface area contributed by atoms with Gasteiger partial charge in [0.2, 0.25) is 0 Å². The second kappa shape index (κ2) is 9.72. The zero-order chi connectivity index (χ0) is 19.8. The molecular formula is C18H17ClF2N2O4. The first-order valence-electron chi connectivity index (χ1n) is 7.72. The van der Waals surface area contributed by atoms with Gasteiger partial charge >= 0.3 is 6.61 Å². The van der Waals surface area contributed by atoms with Gasteiger partial charge in [0.05, 0.1) is 13.3 Å². The van der Waals surface area contributed by atoms with Crippen molar-refractivity contribution in [2.75, 3.05) is 13.7 Å². The molecule has 0 saturated heterocycles. The topological polar surface area (TPSA) is 69.2 Å². The molecular weight excluding hydrogens is 382 g/mol. The van der Waals surface area contributed by atoms with Gasteiger partial charge in [-0.3, -0.25) is 4.79 Å². The van der Waals surface area contributed by atoms with Gasteiger partial charge in [0.15, 0.2) is 18.1 Å². The first-order chi connectivity index (χ1) is 12.9. The Balaban J connectivity index is 1.88. The molecule has 1 N–H and O–H groups in total. The van der Waals surface area contributed by atoms with Crippen LogP contribution in [0.3, 0.4) is 0 Å². The Hall–Kier alpha value is -2.87. The molecule has 9 heteroatoms. The van der Waals surface area contributed by atoms with Gasteiger partial charge in [-0.05, 0) is 54.4 Å². The lowest BCUT2D eigenvalue weighted by atomic mass is 10.2. The van der Waals surface area contributed by atoms with Crippen LogP contribution in [0.4, 0.5) is 8.78 Å². The third kappa shape index (κ3) is 6.41. The minimum atomic E-state index is -2.96. The van der Waals surface area contributed by atoms with Gasteiger partial charge < -0.3 is 14.2 Å². The van der Waals surface area contributed by atoms with Crippen molar-refractivity contribution >= 4 is 23.7 Å². The molecule has 0 aliphatic carbocycles. The molecule has 2 aromatic rings. The number of methoxy groups -OCH3 is 1. The maximum Gasteiger partial charge on any atom is 0.387 e. The molecule has 0 radical (unpaired) electrons. The highest BCUT2D eigenvalue weighted by Gasteiger charge is 2.10. The molecule has 0 unspecified atom stereocenters. The third-order valence-corrected chi connectivity index (χ3v) is 3.73. The highest BCUT2D eigenvalue weighted by atomic mass is 35.5. The Morgan fingerprint density at radius 3 is 2.70 bits per heavy atom. The van der Waals surface area contributed by atoms with Crippen LogP contribution in [0.1, 0.15) is 11.1 Å². The second-order valence-corrected chi connectivity index (χ2v) is 5.69. The molecule has 0 fully saturated rings. The second-order valence-electron chi connectivity index (χ2n) is 5.28. The van der Waals surface area contributed by atoms with E-state index in [1.165, 1.54) is 31.5 Å². The standard InChI is InChI=1S/C18H17ClF2N2O4/c1-11-7-13(4-5-14(11)19)26-10-17(24)23-22-9-12-3-6-15(27-18(20)21)16(8-12)25-2/h3-9,18H,10H2,1-2H3,(H,23,24)/b22-9-. The molecule has 144 valence electrons. The first kappa shape index (κ1) is 20.4. The van der Waals surface area contributed by atoms with Crippen LogP contribution >= 0.6 is 11.6 Å². The fraction of sp³-hybridized carbons (Fsp3) is 0.222. The van der Waals surface area contributed by atoms with E-state index >= 15 is 0 Å². The summed E-state index contributed by atoms with van der Waals surface area (Å²) in [6, 6.07) is 9.30. The number of amides is 1. The molecule has 0 heterocycles. The van der Waals surface area contributed by atoms with Crippen molar-refractivity contribution in [3.8, 4) is 17.2 Å². The summed E-state index contributed by atoms with van der Waals surface area (Å²) in [6.45, 7) is -1.36. The number of benzene rings is 2. The quantitative estimate of drug-likeness (QED) is 0.542. The fourth-order valence-corrected chi connectivity index (χ4v) is 2.14. The number of nitrogens with zero attached hydrogens (tertiary/aromatic N) is 1. The van der Waals surface area contributed by atoms with Crippen molar-refractivity contribution in [2.24, 2.45) is 5.10 Å². The highest BCUT2D eigenvalue weighted by molar-refractivity contribution is 6.31. The molecule has 0 aromatic heterocycles. The van der Waals surface area contributed by atoms with Gasteiger partial charge in [-0.15, -0.1) is 0 Å². The Bertz CT molecular complexity index is 831. The number of halogens is 3. The molecule has 27 heavy (non-hydrogen) atoms. The Morgan fingerprint density at radius 1 is 1.26 bits per heavy atom. The third-order valence-electron chi connectivity index (χ3n) is 3.31. The molecule has 0 aliphatic heterocycles. The molecule has 2 rings (SSSR count). The SMILES string of the molecule is COc1cc(/C=N\NC(=O)COc2ccc(Cl)c(C)c2)ccc1OC(F)F. The molecule has 0 aliphatic rings. The van der Waals surface area contributed by atoms with Crippen molar-refractivity contribution in [1.29, 1.82) is 0 Å². The van der Waals surface area contributed by atoms with Crippen LogP contribution in [0.25, 0.3) is 0 Å². The molecule has 6 nitrogen and oxygen atoms in total. The minimum absolute atomic E-state index is 0.0969. The van der Waals surface area contributed by atoms with Gasteiger partial charge in [0, 0.05) is 5.02 Å². The lowest BCUT2D eigenvalue weighted by Gasteiger charge is -2.10. The summed E-state index contributed by atoms with van der Waals surface area (Å²) in [4.78, 5) is 11.8. The van der Waals surface area contributed by atoms with Crippen molar-refractivity contribution in [2.45, 2.75) is 13.5 Å². The van der Waals surface area contributed by atoms with Crippen molar-refractivity contribution in [1.82, 2.24) is 5.43 Å². The number of rotatable bonds is 8. The predicted molar refractivity (Wildman–Crippen MR) is 97.0 cm³/mol. The number of carbonyl (C=O) groups excluding carboxylic acids is 1. The summed E-state index contributed by atoms with van der Waals surface area (Å²) in [6.07, 6.45) is 1.33. The number of alkyl halides is 2. The van der Waals surface area contributed by atoms with E-state index in [1.54, 1.807) is 18.2 Å². The number of hydrogen-bond donors (Lipinski definition) is 1. The molecule has 0 spiro atoms. The normalized spacial score (nSPS) is 10.9. The summed E-state index contributed by atoms with van der Waals surface area (Å²) in [5.41, 5.74) is 3.65. The zero-order valence-electron chi connectivity index (χ0n) is 14.5. The van der Waals surface area contributed by atoms with E-state index in [-0.39, 0.29) is 18.1 Å². The summed E-state index contributed by atoms with van der Waals surface area (Å²) < 4.78 is 39.2.